The number of rotatable bonds is 6. The number of nitrogens with two attached hydrogens (primary N) is 2. The number of hydrogen-bond donors (Lipinski definition) is 2. The van der Waals surface area contributed by atoms with Gasteiger partial charge < -0.3 is 10.6 Å². The lowest BCUT2D eigenvalue weighted by atomic mass is 10.2. The van der Waals surface area contributed by atoms with Gasteiger partial charge in [0.1, 0.15) is 4.90 Å². The number of nitrogen functional groups attached to an aromatic ring is 1. The molecule has 0 aliphatic heterocycles. The molecule has 1 aliphatic carbocycles. The van der Waals surface area contributed by atoms with Crippen LogP contribution in [-0.4, -0.2) is 21.5 Å². The van der Waals surface area contributed by atoms with Crippen molar-refractivity contribution in [3.8, 4) is 0 Å². The average molecular weight is 283 g/mol. The van der Waals surface area contributed by atoms with Crippen LogP contribution in [0.15, 0.2) is 23.1 Å². The Morgan fingerprint density at radius 3 is 2.53 bits per heavy atom. The van der Waals surface area contributed by atoms with Crippen molar-refractivity contribution < 1.29 is 8.42 Å². The molecule has 2 rings (SSSR count). The highest BCUT2D eigenvalue weighted by atomic mass is 32.2. The van der Waals surface area contributed by atoms with Gasteiger partial charge in [0.25, 0.3) is 0 Å². The zero-order valence-electron chi connectivity index (χ0n) is 11.2. The fourth-order valence-corrected chi connectivity index (χ4v) is 2.84. The zero-order valence-corrected chi connectivity index (χ0v) is 12.0. The van der Waals surface area contributed by atoms with Crippen molar-refractivity contribution in [2.45, 2.75) is 31.1 Å². The summed E-state index contributed by atoms with van der Waals surface area (Å²) in [5.74, 6) is 0.769. The van der Waals surface area contributed by atoms with Crippen LogP contribution in [0, 0.1) is 5.92 Å². The Morgan fingerprint density at radius 1 is 1.37 bits per heavy atom. The van der Waals surface area contributed by atoms with E-state index >= 15 is 0 Å². The minimum Gasteiger partial charge on any atom is -0.398 e. The summed E-state index contributed by atoms with van der Waals surface area (Å²) < 4.78 is 22.7. The maximum atomic E-state index is 11.3. The van der Waals surface area contributed by atoms with E-state index in [0.717, 1.165) is 31.1 Å². The van der Waals surface area contributed by atoms with Gasteiger partial charge in [-0.15, -0.1) is 0 Å². The van der Waals surface area contributed by atoms with Crippen molar-refractivity contribution >= 4 is 21.4 Å². The summed E-state index contributed by atoms with van der Waals surface area (Å²) in [7, 11) is -3.74. The van der Waals surface area contributed by atoms with E-state index in [2.05, 4.69) is 11.8 Å². The summed E-state index contributed by atoms with van der Waals surface area (Å²) in [6.07, 6.45) is 3.61. The van der Waals surface area contributed by atoms with Crippen molar-refractivity contribution in [3.63, 3.8) is 0 Å². The second-order valence-corrected chi connectivity index (χ2v) is 6.69. The lowest BCUT2D eigenvalue weighted by Gasteiger charge is -2.25. The first-order valence-electron chi connectivity index (χ1n) is 6.59. The van der Waals surface area contributed by atoms with Gasteiger partial charge in [0.15, 0.2) is 0 Å². The molecular weight excluding hydrogens is 262 g/mol. The van der Waals surface area contributed by atoms with Crippen LogP contribution >= 0.6 is 0 Å². The molecule has 1 aromatic rings. The fraction of sp³-hybridized carbons (Fsp3) is 0.538. The first-order chi connectivity index (χ1) is 8.91. The molecule has 0 heterocycles. The Bertz CT molecular complexity index is 553. The SMILES string of the molecule is CCCN(CC1CC1)c1ccc(S(N)(=O)=O)c(N)c1. The van der Waals surface area contributed by atoms with Gasteiger partial charge in [-0.3, -0.25) is 0 Å². The molecule has 6 heteroatoms. The minimum atomic E-state index is -3.74. The molecule has 0 aromatic heterocycles. The molecule has 1 saturated carbocycles. The van der Waals surface area contributed by atoms with Crippen LogP contribution in [0.4, 0.5) is 11.4 Å². The van der Waals surface area contributed by atoms with E-state index < -0.39 is 10.0 Å². The standard InChI is InChI=1S/C13H21N3O2S/c1-2-7-16(9-10-3-4-10)11-5-6-13(12(14)8-11)19(15,17)18/h5-6,8,10H,2-4,7,9,14H2,1H3,(H2,15,17,18). The molecule has 0 unspecified atom stereocenters. The lowest BCUT2D eigenvalue weighted by molar-refractivity contribution is 0.598. The Morgan fingerprint density at radius 2 is 2.05 bits per heavy atom. The van der Waals surface area contributed by atoms with Crippen LogP contribution < -0.4 is 15.8 Å². The summed E-state index contributed by atoms with van der Waals surface area (Å²) in [4.78, 5) is 2.26. The van der Waals surface area contributed by atoms with Gasteiger partial charge in [-0.1, -0.05) is 6.92 Å². The maximum Gasteiger partial charge on any atom is 0.240 e. The van der Waals surface area contributed by atoms with Gasteiger partial charge in [0.2, 0.25) is 10.0 Å². The van der Waals surface area contributed by atoms with Gasteiger partial charge in [0.05, 0.1) is 5.69 Å². The van der Waals surface area contributed by atoms with Gasteiger partial charge in [-0.2, -0.15) is 0 Å². The molecule has 4 N–H and O–H groups in total. The largest absolute Gasteiger partial charge is 0.398 e. The van der Waals surface area contributed by atoms with Gasteiger partial charge in [-0.05, 0) is 43.4 Å². The molecule has 0 atom stereocenters. The van der Waals surface area contributed by atoms with Crippen LogP contribution in [0.1, 0.15) is 26.2 Å². The summed E-state index contributed by atoms with van der Waals surface area (Å²) in [5, 5.41) is 5.11. The first kappa shape index (κ1) is 14.1. The topological polar surface area (TPSA) is 89.4 Å². The van der Waals surface area contributed by atoms with E-state index in [1.165, 1.54) is 18.9 Å². The molecule has 0 amide bonds. The number of sulfonamides is 1. The molecule has 1 aliphatic rings. The summed E-state index contributed by atoms with van der Waals surface area (Å²) in [6.45, 7) is 4.09. The molecule has 106 valence electrons. The Labute approximate surface area is 114 Å². The second-order valence-electron chi connectivity index (χ2n) is 5.16. The number of hydrogen-bond acceptors (Lipinski definition) is 4. The average Bonchev–Trinajstić information content (AvgIpc) is 3.10. The Hall–Kier alpha value is -1.27. The highest BCUT2D eigenvalue weighted by molar-refractivity contribution is 7.89. The Kier molecular flexibility index (Phi) is 4.01. The fourth-order valence-electron chi connectivity index (χ4n) is 2.20. The molecule has 0 saturated heterocycles. The van der Waals surface area contributed by atoms with Crippen molar-refractivity contribution in [3.05, 3.63) is 18.2 Å². The maximum absolute atomic E-state index is 11.3. The predicted molar refractivity (Wildman–Crippen MR) is 77.5 cm³/mol. The van der Waals surface area contributed by atoms with Crippen molar-refractivity contribution in [1.82, 2.24) is 0 Å². The third-order valence-corrected chi connectivity index (χ3v) is 4.32. The Balaban J connectivity index is 2.25. The van der Waals surface area contributed by atoms with Crippen LogP contribution in [0.25, 0.3) is 0 Å². The van der Waals surface area contributed by atoms with Gasteiger partial charge in [0, 0.05) is 18.8 Å². The molecule has 1 fully saturated rings. The molecule has 1 aromatic carbocycles. The summed E-state index contributed by atoms with van der Waals surface area (Å²) in [5.41, 5.74) is 6.99. The second kappa shape index (κ2) is 5.38. The minimum absolute atomic E-state index is 0.000814. The van der Waals surface area contributed by atoms with Crippen LogP contribution in [0.3, 0.4) is 0 Å². The quantitative estimate of drug-likeness (QED) is 0.775. The highest BCUT2D eigenvalue weighted by Crippen LogP contribution is 2.32. The highest BCUT2D eigenvalue weighted by Gasteiger charge is 2.24. The molecule has 0 radical (unpaired) electrons. The summed E-state index contributed by atoms with van der Waals surface area (Å²) >= 11 is 0. The van der Waals surface area contributed by atoms with E-state index in [9.17, 15) is 8.42 Å². The monoisotopic (exact) mass is 283 g/mol. The molecule has 19 heavy (non-hydrogen) atoms. The van der Waals surface area contributed by atoms with Crippen LogP contribution in [0.5, 0.6) is 0 Å². The van der Waals surface area contributed by atoms with E-state index in [0.29, 0.717) is 0 Å². The van der Waals surface area contributed by atoms with Crippen LogP contribution in [0.2, 0.25) is 0 Å². The predicted octanol–water partition coefficient (Wildman–Crippen LogP) is 1.54. The van der Waals surface area contributed by atoms with Gasteiger partial charge in [-0.25, -0.2) is 13.6 Å². The van der Waals surface area contributed by atoms with Gasteiger partial charge >= 0.3 is 0 Å². The molecule has 0 bridgehead atoms. The molecule has 5 nitrogen and oxygen atoms in total. The zero-order chi connectivity index (χ0) is 14.0. The first-order valence-corrected chi connectivity index (χ1v) is 8.13. The molecule has 0 spiro atoms. The molecular formula is C13H21N3O2S. The normalized spacial score (nSPS) is 15.5. The van der Waals surface area contributed by atoms with E-state index in [1.54, 1.807) is 12.1 Å². The number of benzene rings is 1. The van der Waals surface area contributed by atoms with E-state index in [4.69, 9.17) is 10.9 Å². The lowest BCUT2D eigenvalue weighted by Crippen LogP contribution is -2.26. The van der Waals surface area contributed by atoms with Crippen molar-refractivity contribution in [2.24, 2.45) is 11.1 Å². The number of nitrogens with zero attached hydrogens (tertiary/aromatic N) is 1. The number of anilines is 2. The smallest absolute Gasteiger partial charge is 0.240 e. The van der Waals surface area contributed by atoms with Crippen molar-refractivity contribution in [1.29, 1.82) is 0 Å². The van der Waals surface area contributed by atoms with Crippen molar-refractivity contribution in [2.75, 3.05) is 23.7 Å². The number of primary sulfonamides is 1. The van der Waals surface area contributed by atoms with E-state index in [1.807, 2.05) is 0 Å². The third-order valence-electron chi connectivity index (χ3n) is 3.33. The van der Waals surface area contributed by atoms with Crippen LogP contribution in [-0.2, 0) is 10.0 Å². The third kappa shape index (κ3) is 3.61. The van der Waals surface area contributed by atoms with E-state index in [-0.39, 0.29) is 10.6 Å². The summed E-state index contributed by atoms with van der Waals surface area (Å²) in [6, 6.07) is 4.99.